The molecular weight excluding hydrogens is 521 g/mol. The van der Waals surface area contributed by atoms with Crippen molar-refractivity contribution in [3.05, 3.63) is 62.8 Å². The topological polar surface area (TPSA) is 82.8 Å². The Morgan fingerprint density at radius 2 is 1.80 bits per heavy atom. The first-order valence-corrected chi connectivity index (χ1v) is 15.0. The summed E-state index contributed by atoms with van der Waals surface area (Å²) in [5.41, 5.74) is 3.19. The quantitative estimate of drug-likeness (QED) is 0.324. The molecule has 0 aliphatic carbocycles. The van der Waals surface area contributed by atoms with Gasteiger partial charge in [-0.05, 0) is 107 Å². The van der Waals surface area contributed by atoms with Gasteiger partial charge in [-0.25, -0.2) is 4.39 Å². The van der Waals surface area contributed by atoms with Crippen molar-refractivity contribution in [3.63, 3.8) is 0 Å². The van der Waals surface area contributed by atoms with Gasteiger partial charge < -0.3 is 19.5 Å². The van der Waals surface area contributed by atoms with Crippen molar-refractivity contribution in [2.75, 3.05) is 32.1 Å². The highest BCUT2D eigenvalue weighted by Crippen LogP contribution is 2.35. The predicted molar refractivity (Wildman–Crippen MR) is 163 cm³/mol. The van der Waals surface area contributed by atoms with Crippen LogP contribution < -0.4 is 10.5 Å². The van der Waals surface area contributed by atoms with Gasteiger partial charge in [0.25, 0.3) is 5.56 Å². The highest BCUT2D eigenvalue weighted by Gasteiger charge is 2.30. The molecule has 1 aliphatic heterocycles. The molecule has 7 nitrogen and oxygen atoms in total. The lowest BCUT2D eigenvalue weighted by Gasteiger charge is -2.36. The number of piperidine rings is 1. The number of carbonyl (C=O) groups is 2. The molecule has 1 aromatic heterocycles. The van der Waals surface area contributed by atoms with Crippen molar-refractivity contribution in [2.24, 2.45) is 5.92 Å². The molecule has 0 spiro atoms. The second-order valence-corrected chi connectivity index (χ2v) is 12.6. The molecule has 1 aliphatic rings. The Bertz CT molecular complexity index is 1290. The standard InChI is InChI=1S/C33H48FN3O4/c1-21(2)14-29(37-20-25(11-13-35(6)7)22(3)16-31(37)39)30(38)17-26(18-32(40)41)28-19-27(15-23(4)33(28)34)36-12-9-8-10-24(36)5/h15-16,19-21,24,26,29H,8-14,17-18H2,1-7H3,(H,40,41)/t24-,26-,29?/m0/s1. The summed E-state index contributed by atoms with van der Waals surface area (Å²) in [6.07, 6.45) is 5.66. The van der Waals surface area contributed by atoms with Crippen LogP contribution in [-0.2, 0) is 16.0 Å². The second-order valence-electron chi connectivity index (χ2n) is 12.6. The van der Waals surface area contributed by atoms with E-state index in [-0.39, 0.29) is 35.7 Å². The largest absolute Gasteiger partial charge is 0.481 e. The number of hydrogen-bond acceptors (Lipinski definition) is 5. The first-order valence-electron chi connectivity index (χ1n) is 15.0. The number of halogens is 1. The zero-order valence-corrected chi connectivity index (χ0v) is 25.9. The molecule has 2 aromatic rings. The van der Waals surface area contributed by atoms with Gasteiger partial charge in [0.2, 0.25) is 0 Å². The maximum atomic E-state index is 15.7. The SMILES string of the molecule is Cc1cc(=O)n(C(CC(C)C)C(=O)C[C@@H](CC(=O)O)c2cc(N3CCCC[C@@H]3C)cc(C)c2F)cc1CCN(C)C. The molecule has 0 amide bonds. The van der Waals surface area contributed by atoms with Crippen molar-refractivity contribution >= 4 is 17.4 Å². The Labute approximate surface area is 244 Å². The predicted octanol–water partition coefficient (Wildman–Crippen LogP) is 5.89. The van der Waals surface area contributed by atoms with Crippen molar-refractivity contribution in [1.29, 1.82) is 0 Å². The number of likely N-dealkylation sites (N-methyl/N-ethyl adjacent to an activating group) is 1. The zero-order valence-electron chi connectivity index (χ0n) is 25.9. The number of carboxylic acid groups (broad SMARTS) is 1. The van der Waals surface area contributed by atoms with Gasteiger partial charge in [0.05, 0.1) is 12.5 Å². The van der Waals surface area contributed by atoms with Crippen LogP contribution in [-0.4, -0.2) is 59.6 Å². The molecule has 2 heterocycles. The van der Waals surface area contributed by atoms with Gasteiger partial charge in [0.1, 0.15) is 5.82 Å². The lowest BCUT2D eigenvalue weighted by Crippen LogP contribution is -2.37. The van der Waals surface area contributed by atoms with Crippen LogP contribution in [0.5, 0.6) is 0 Å². The Morgan fingerprint density at radius 3 is 2.41 bits per heavy atom. The normalized spacial score (nSPS) is 17.2. The molecule has 3 atom stereocenters. The molecule has 0 radical (unpaired) electrons. The van der Waals surface area contributed by atoms with Crippen LogP contribution in [0.3, 0.4) is 0 Å². The van der Waals surface area contributed by atoms with Gasteiger partial charge >= 0.3 is 5.97 Å². The summed E-state index contributed by atoms with van der Waals surface area (Å²) < 4.78 is 17.2. The number of aliphatic carboxylic acids is 1. The maximum absolute atomic E-state index is 15.7. The average molecular weight is 570 g/mol. The number of rotatable bonds is 13. The summed E-state index contributed by atoms with van der Waals surface area (Å²) in [6.45, 7) is 11.4. The monoisotopic (exact) mass is 569 g/mol. The molecule has 1 aromatic carbocycles. The number of pyridine rings is 1. The summed E-state index contributed by atoms with van der Waals surface area (Å²) in [5.74, 6) is -2.53. The first kappa shape index (κ1) is 32.5. The van der Waals surface area contributed by atoms with Crippen LogP contribution in [0, 0.1) is 25.6 Å². The average Bonchev–Trinajstić information content (AvgIpc) is 2.88. The summed E-state index contributed by atoms with van der Waals surface area (Å²) in [5, 5.41) is 9.79. The lowest BCUT2D eigenvalue weighted by molar-refractivity contribution is -0.137. The highest BCUT2D eigenvalue weighted by atomic mass is 19.1. The van der Waals surface area contributed by atoms with Gasteiger partial charge in [-0.1, -0.05) is 13.8 Å². The summed E-state index contributed by atoms with van der Waals surface area (Å²) in [7, 11) is 3.97. The molecule has 226 valence electrons. The number of Topliss-reactive ketones (excluding diaryl/α,β-unsaturated/α-hetero) is 1. The van der Waals surface area contributed by atoms with Crippen LogP contribution in [0.15, 0.2) is 29.2 Å². The van der Waals surface area contributed by atoms with Crippen molar-refractivity contribution in [1.82, 2.24) is 9.47 Å². The Hall–Kier alpha value is -3.00. The number of nitrogens with zero attached hydrogens (tertiary/aromatic N) is 3. The van der Waals surface area contributed by atoms with Crippen molar-refractivity contribution < 1.29 is 19.1 Å². The fraction of sp³-hybridized carbons (Fsp3) is 0.606. The van der Waals surface area contributed by atoms with Crippen molar-refractivity contribution in [3.8, 4) is 0 Å². The first-order chi connectivity index (χ1) is 19.3. The Balaban J connectivity index is 2.02. The van der Waals surface area contributed by atoms with E-state index in [1.807, 2.05) is 40.9 Å². The third kappa shape index (κ3) is 8.51. The van der Waals surface area contributed by atoms with Crippen LogP contribution in [0.25, 0.3) is 0 Å². The Morgan fingerprint density at radius 1 is 1.10 bits per heavy atom. The molecule has 0 bridgehead atoms. The van der Waals surface area contributed by atoms with E-state index < -0.39 is 23.7 Å². The number of ketones is 1. The van der Waals surface area contributed by atoms with Gasteiger partial charge in [-0.15, -0.1) is 0 Å². The van der Waals surface area contributed by atoms with E-state index in [2.05, 4.69) is 16.7 Å². The number of carboxylic acids is 1. The fourth-order valence-corrected chi connectivity index (χ4v) is 5.99. The van der Waals surface area contributed by atoms with Crippen LogP contribution >= 0.6 is 0 Å². The maximum Gasteiger partial charge on any atom is 0.303 e. The number of aryl methyl sites for hydroxylation is 2. The van der Waals surface area contributed by atoms with E-state index in [9.17, 15) is 19.5 Å². The second kappa shape index (κ2) is 14.3. The number of hydrogen-bond donors (Lipinski definition) is 1. The van der Waals surface area contributed by atoms with E-state index in [1.54, 1.807) is 25.3 Å². The third-order valence-electron chi connectivity index (χ3n) is 8.34. The highest BCUT2D eigenvalue weighted by molar-refractivity contribution is 5.84. The molecule has 1 saturated heterocycles. The molecule has 1 fully saturated rings. The zero-order chi connectivity index (χ0) is 30.4. The number of benzene rings is 1. The molecule has 3 rings (SSSR count). The molecule has 41 heavy (non-hydrogen) atoms. The smallest absolute Gasteiger partial charge is 0.303 e. The minimum absolute atomic E-state index is 0.114. The lowest BCUT2D eigenvalue weighted by atomic mass is 9.85. The van der Waals surface area contributed by atoms with E-state index in [0.717, 1.165) is 55.6 Å². The third-order valence-corrected chi connectivity index (χ3v) is 8.34. The van der Waals surface area contributed by atoms with E-state index >= 15 is 4.39 Å². The number of anilines is 1. The van der Waals surface area contributed by atoms with Crippen LogP contribution in [0.4, 0.5) is 10.1 Å². The van der Waals surface area contributed by atoms with Gasteiger partial charge in [0.15, 0.2) is 5.78 Å². The summed E-state index contributed by atoms with van der Waals surface area (Å²) >= 11 is 0. The van der Waals surface area contributed by atoms with Gasteiger partial charge in [0, 0.05) is 49.4 Å². The molecule has 1 unspecified atom stereocenters. The molecular formula is C33H48FN3O4. The van der Waals surface area contributed by atoms with Crippen molar-refractivity contribution in [2.45, 2.75) is 97.6 Å². The Kier molecular flexibility index (Phi) is 11.3. The minimum Gasteiger partial charge on any atom is -0.481 e. The summed E-state index contributed by atoms with van der Waals surface area (Å²) in [6, 6.07) is 4.69. The molecule has 1 N–H and O–H groups in total. The van der Waals surface area contributed by atoms with Gasteiger partial charge in [-0.2, -0.15) is 0 Å². The van der Waals surface area contributed by atoms with Crippen LogP contribution in [0.1, 0.15) is 93.5 Å². The van der Waals surface area contributed by atoms with E-state index in [1.165, 1.54) is 4.57 Å². The van der Waals surface area contributed by atoms with Gasteiger partial charge in [-0.3, -0.25) is 14.4 Å². The number of carbonyl (C=O) groups excluding carboxylic acids is 1. The minimum atomic E-state index is -1.09. The van der Waals surface area contributed by atoms with E-state index in [0.29, 0.717) is 18.0 Å². The van der Waals surface area contributed by atoms with Crippen LogP contribution in [0.2, 0.25) is 0 Å². The number of aromatic nitrogens is 1. The van der Waals surface area contributed by atoms with E-state index in [4.69, 9.17) is 0 Å². The fourth-order valence-electron chi connectivity index (χ4n) is 5.99. The summed E-state index contributed by atoms with van der Waals surface area (Å²) in [4.78, 5) is 43.5. The molecule has 0 saturated carbocycles. The molecule has 8 heteroatoms.